The zero-order valence-electron chi connectivity index (χ0n) is 53.9. The molecule has 0 aliphatic rings. The third-order valence-corrected chi connectivity index (χ3v) is 15.6. The number of esters is 2. The zero-order valence-corrected chi connectivity index (χ0v) is 54.8. The Morgan fingerprint density at radius 3 is 1.04 bits per heavy atom. The van der Waals surface area contributed by atoms with E-state index >= 15 is 0 Å². The Morgan fingerprint density at radius 2 is 0.695 bits per heavy atom. The maximum Gasteiger partial charge on any atom is 0.306 e. The summed E-state index contributed by atoms with van der Waals surface area (Å²) < 4.78 is 34.3. The lowest BCUT2D eigenvalue weighted by Gasteiger charge is -2.28. The van der Waals surface area contributed by atoms with Gasteiger partial charge in [-0.1, -0.05) is 304 Å². The number of quaternary nitrogens is 1. The van der Waals surface area contributed by atoms with E-state index in [-0.39, 0.29) is 32.0 Å². The van der Waals surface area contributed by atoms with Crippen molar-refractivity contribution in [1.82, 2.24) is 0 Å². The standard InChI is InChI=1S/C72H128NO8P/c1-6-8-10-12-14-16-18-20-22-24-26-27-28-29-30-31-32-33-34-35-36-37-38-39-40-41-42-43-44-45-47-49-51-53-55-57-59-61-63-65-72(75)81-70(69-80-82(76,77)79-67-66-73(3,4)5)68-78-71(74)64-62-60-58-56-54-52-50-48-46-25-23-21-19-17-15-13-11-9-7-2/h8,10,14,16,20,22,26-27,29-30,32-33,35-36,38-39,70H,6-7,9,11-13,15,17-19,21,23-25,28,31,34,37,40-69H2,1-5H3/b10-8-,16-14-,22-20-,27-26-,30-29-,33-32-,36-35-,39-38-. The Hall–Kier alpha value is -3.07. The van der Waals surface area contributed by atoms with E-state index in [0.717, 1.165) is 89.9 Å². The summed E-state index contributed by atoms with van der Waals surface area (Å²) in [5.41, 5.74) is 0. The lowest BCUT2D eigenvalue weighted by Crippen LogP contribution is -2.37. The first-order chi connectivity index (χ1) is 40.0. The fourth-order valence-electron chi connectivity index (χ4n) is 9.44. The van der Waals surface area contributed by atoms with Gasteiger partial charge in [0.05, 0.1) is 27.7 Å². The van der Waals surface area contributed by atoms with Gasteiger partial charge in [0, 0.05) is 12.8 Å². The number of allylic oxidation sites excluding steroid dienone is 16. The van der Waals surface area contributed by atoms with Crippen molar-refractivity contribution in [2.75, 3.05) is 47.5 Å². The Balaban J connectivity index is 4.03. The highest BCUT2D eigenvalue weighted by Crippen LogP contribution is 2.38. The molecule has 10 heteroatoms. The van der Waals surface area contributed by atoms with E-state index in [1.807, 2.05) is 21.1 Å². The average Bonchev–Trinajstić information content (AvgIpc) is 3.46. The monoisotopic (exact) mass is 1170 g/mol. The number of ether oxygens (including phenoxy) is 2. The first-order valence-electron chi connectivity index (χ1n) is 33.9. The second-order valence-electron chi connectivity index (χ2n) is 23.8. The highest BCUT2D eigenvalue weighted by Gasteiger charge is 2.22. The van der Waals surface area contributed by atoms with Crippen LogP contribution in [-0.4, -0.2) is 70.0 Å². The quantitative estimate of drug-likeness (QED) is 0.0195. The summed E-state index contributed by atoms with van der Waals surface area (Å²) in [5, 5.41) is 0. The number of hydrogen-bond donors (Lipinski definition) is 0. The van der Waals surface area contributed by atoms with E-state index in [2.05, 4.69) is 111 Å². The summed E-state index contributed by atoms with van der Waals surface area (Å²) in [6.45, 7) is 4.16. The molecule has 0 aliphatic carbocycles. The number of likely N-dealkylation sites (N-methyl/N-ethyl adjacent to an activating group) is 1. The minimum atomic E-state index is -4.64. The van der Waals surface area contributed by atoms with Crippen LogP contribution in [0, 0.1) is 0 Å². The third kappa shape index (κ3) is 66.1. The largest absolute Gasteiger partial charge is 0.756 e. The molecule has 0 saturated heterocycles. The molecular weight excluding hydrogens is 1040 g/mol. The molecule has 0 rings (SSSR count). The summed E-state index contributed by atoms with van der Waals surface area (Å²) in [6, 6.07) is 0. The van der Waals surface area contributed by atoms with Gasteiger partial charge < -0.3 is 27.9 Å². The van der Waals surface area contributed by atoms with Crippen LogP contribution in [0.25, 0.3) is 0 Å². The maximum absolute atomic E-state index is 12.8. The summed E-state index contributed by atoms with van der Waals surface area (Å²) in [6.07, 6.45) is 86.2. The van der Waals surface area contributed by atoms with Gasteiger partial charge in [-0.15, -0.1) is 0 Å². The molecule has 0 amide bonds. The molecule has 9 nitrogen and oxygen atoms in total. The number of phosphoric ester groups is 1. The summed E-state index contributed by atoms with van der Waals surface area (Å²) in [4.78, 5) is 38.0. The van der Waals surface area contributed by atoms with Crippen LogP contribution in [-0.2, 0) is 32.7 Å². The van der Waals surface area contributed by atoms with Gasteiger partial charge in [0.2, 0.25) is 0 Å². The number of unbranched alkanes of at least 4 members (excludes halogenated alkanes) is 32. The van der Waals surface area contributed by atoms with Crippen molar-refractivity contribution in [3.63, 3.8) is 0 Å². The van der Waals surface area contributed by atoms with Gasteiger partial charge >= 0.3 is 11.9 Å². The van der Waals surface area contributed by atoms with Crippen molar-refractivity contribution >= 4 is 19.8 Å². The molecule has 0 aliphatic heterocycles. The Bertz CT molecular complexity index is 1710. The molecule has 0 aromatic carbocycles. The molecule has 0 aromatic heterocycles. The molecule has 0 bridgehead atoms. The molecule has 0 saturated carbocycles. The highest BCUT2D eigenvalue weighted by molar-refractivity contribution is 7.45. The van der Waals surface area contributed by atoms with Gasteiger partial charge in [-0.05, 0) is 77.0 Å². The van der Waals surface area contributed by atoms with Crippen molar-refractivity contribution in [3.05, 3.63) is 97.2 Å². The summed E-state index contributed by atoms with van der Waals surface area (Å²) >= 11 is 0. The van der Waals surface area contributed by atoms with E-state index in [1.165, 1.54) is 173 Å². The van der Waals surface area contributed by atoms with Gasteiger partial charge in [-0.3, -0.25) is 14.2 Å². The summed E-state index contributed by atoms with van der Waals surface area (Å²) in [7, 11) is 1.17. The van der Waals surface area contributed by atoms with Crippen LogP contribution in [0.4, 0.5) is 0 Å². The highest BCUT2D eigenvalue weighted by atomic mass is 31.2. The molecule has 0 aromatic rings. The van der Waals surface area contributed by atoms with Crippen LogP contribution in [0.15, 0.2) is 97.2 Å². The fourth-order valence-corrected chi connectivity index (χ4v) is 10.2. The SMILES string of the molecule is CC/C=C\C/C=C\C/C=C\C/C=C\C/C=C\C/C=C\C/C=C\C/C=C\CCCCCCCCCCCCCCCCC(=O)OC(COC(=O)CCCCCCCCCCCCCCCCCCCCC)COP(=O)([O-])OCC[N+](C)(C)C. The Labute approximate surface area is 506 Å². The number of carbonyl (C=O) groups is 2. The van der Waals surface area contributed by atoms with Crippen molar-refractivity contribution in [2.24, 2.45) is 0 Å². The third-order valence-electron chi connectivity index (χ3n) is 14.6. The molecule has 0 N–H and O–H groups in total. The minimum absolute atomic E-state index is 0.0318. The molecule has 0 radical (unpaired) electrons. The van der Waals surface area contributed by atoms with Gasteiger partial charge in [-0.25, -0.2) is 0 Å². The smallest absolute Gasteiger partial charge is 0.306 e. The number of rotatable bonds is 62. The van der Waals surface area contributed by atoms with Crippen LogP contribution in [0.1, 0.15) is 296 Å². The van der Waals surface area contributed by atoms with Gasteiger partial charge in [0.1, 0.15) is 19.8 Å². The second-order valence-corrected chi connectivity index (χ2v) is 25.2. The first kappa shape index (κ1) is 78.9. The predicted octanol–water partition coefficient (Wildman–Crippen LogP) is 21.3. The van der Waals surface area contributed by atoms with Crippen LogP contribution < -0.4 is 4.89 Å². The van der Waals surface area contributed by atoms with Crippen molar-refractivity contribution in [1.29, 1.82) is 0 Å². The zero-order chi connectivity index (χ0) is 59.8. The molecule has 2 unspecified atom stereocenters. The normalized spacial score (nSPS) is 13.8. The topological polar surface area (TPSA) is 111 Å². The van der Waals surface area contributed by atoms with Crippen LogP contribution in [0.5, 0.6) is 0 Å². The maximum atomic E-state index is 12.8. The number of nitrogens with zero attached hydrogens (tertiary/aromatic N) is 1. The molecule has 0 fully saturated rings. The molecule has 2 atom stereocenters. The van der Waals surface area contributed by atoms with Crippen molar-refractivity contribution < 1.29 is 42.1 Å². The van der Waals surface area contributed by atoms with Gasteiger partial charge in [0.15, 0.2) is 6.10 Å². The van der Waals surface area contributed by atoms with Crippen LogP contribution in [0.3, 0.4) is 0 Å². The molecule has 0 spiro atoms. The number of carbonyl (C=O) groups excluding carboxylic acids is 2. The molecular formula is C72H128NO8P. The predicted molar refractivity (Wildman–Crippen MR) is 351 cm³/mol. The van der Waals surface area contributed by atoms with Crippen LogP contribution >= 0.6 is 7.82 Å². The lowest BCUT2D eigenvalue weighted by atomic mass is 10.0. The van der Waals surface area contributed by atoms with Crippen LogP contribution in [0.2, 0.25) is 0 Å². The number of phosphoric acid groups is 1. The van der Waals surface area contributed by atoms with Gasteiger partial charge in [0.25, 0.3) is 7.82 Å². The van der Waals surface area contributed by atoms with Crippen molar-refractivity contribution in [3.8, 4) is 0 Å². The van der Waals surface area contributed by atoms with E-state index in [1.54, 1.807) is 0 Å². The fraction of sp³-hybridized carbons (Fsp3) is 0.750. The lowest BCUT2D eigenvalue weighted by molar-refractivity contribution is -0.870. The van der Waals surface area contributed by atoms with E-state index in [9.17, 15) is 19.0 Å². The van der Waals surface area contributed by atoms with E-state index < -0.39 is 26.5 Å². The van der Waals surface area contributed by atoms with E-state index in [4.69, 9.17) is 18.5 Å². The summed E-state index contributed by atoms with van der Waals surface area (Å²) in [5.74, 6) is -0.824. The number of hydrogen-bond acceptors (Lipinski definition) is 8. The Kier molecular flexibility index (Phi) is 60.1. The molecule has 474 valence electrons. The molecule has 0 heterocycles. The van der Waals surface area contributed by atoms with Crippen molar-refractivity contribution in [2.45, 2.75) is 302 Å². The Morgan fingerprint density at radius 1 is 0.390 bits per heavy atom. The first-order valence-corrected chi connectivity index (χ1v) is 35.4. The minimum Gasteiger partial charge on any atom is -0.756 e. The van der Waals surface area contributed by atoms with Gasteiger partial charge in [-0.2, -0.15) is 0 Å². The average molecular weight is 1170 g/mol. The second kappa shape index (κ2) is 62.5. The molecule has 82 heavy (non-hydrogen) atoms. The van der Waals surface area contributed by atoms with E-state index in [0.29, 0.717) is 17.4 Å².